The van der Waals surface area contributed by atoms with E-state index in [1.807, 2.05) is 6.92 Å². The molecule has 0 bridgehead atoms. The van der Waals surface area contributed by atoms with Gasteiger partial charge in [0.05, 0.1) is 6.61 Å². The molecule has 1 unspecified atom stereocenters. The second-order valence-electron chi connectivity index (χ2n) is 4.75. The quantitative estimate of drug-likeness (QED) is 0.591. The Morgan fingerprint density at radius 2 is 1.82 bits per heavy atom. The van der Waals surface area contributed by atoms with E-state index in [-0.39, 0.29) is 18.9 Å². The highest BCUT2D eigenvalue weighted by molar-refractivity contribution is 6.00. The largest absolute Gasteiger partial charge is 0.466 e. The summed E-state index contributed by atoms with van der Waals surface area (Å²) in [7, 11) is 0. The van der Waals surface area contributed by atoms with Gasteiger partial charge in [-0.15, -0.1) is 0 Å². The van der Waals surface area contributed by atoms with Gasteiger partial charge in [-0.25, -0.2) is 4.39 Å². The van der Waals surface area contributed by atoms with Crippen LogP contribution in [0.4, 0.5) is 4.39 Å². The molecule has 5 nitrogen and oxygen atoms in total. The van der Waals surface area contributed by atoms with Crippen molar-refractivity contribution in [3.63, 3.8) is 0 Å². The molecule has 1 amide bonds. The first kappa shape index (κ1) is 17.8. The summed E-state index contributed by atoms with van der Waals surface area (Å²) in [5.74, 6) is -1.88. The van der Waals surface area contributed by atoms with E-state index in [2.05, 4.69) is 5.32 Å². The summed E-state index contributed by atoms with van der Waals surface area (Å²) < 4.78 is 17.7. The smallest absolute Gasteiger partial charge is 0.313 e. The van der Waals surface area contributed by atoms with Crippen LogP contribution in [0.3, 0.4) is 0 Å². The Balaban J connectivity index is 2.90. The first-order valence-electron chi connectivity index (χ1n) is 7.21. The van der Waals surface area contributed by atoms with Gasteiger partial charge in [-0.1, -0.05) is 19.1 Å². The molecular formula is C16H20FNO4. The highest BCUT2D eigenvalue weighted by Gasteiger charge is 2.25. The van der Waals surface area contributed by atoms with Crippen molar-refractivity contribution < 1.29 is 23.5 Å². The first-order valence-corrected chi connectivity index (χ1v) is 7.21. The number of Topliss-reactive ketones (excluding diaryl/α,β-unsaturated/α-hetero) is 1. The normalized spacial score (nSPS) is 11.6. The maximum Gasteiger partial charge on any atom is 0.313 e. The summed E-state index contributed by atoms with van der Waals surface area (Å²) in [4.78, 5) is 35.4. The SMILES string of the molecule is CCCC(=O)NC(C(=O)CC(=O)OCC)c1ccc(F)cc1. The third kappa shape index (κ3) is 5.63. The lowest BCUT2D eigenvalue weighted by molar-refractivity contribution is -0.146. The average Bonchev–Trinajstić information content (AvgIpc) is 2.46. The van der Waals surface area contributed by atoms with Crippen LogP contribution in [0.15, 0.2) is 24.3 Å². The molecule has 1 atom stereocenters. The molecule has 0 aromatic heterocycles. The fourth-order valence-electron chi connectivity index (χ4n) is 1.92. The monoisotopic (exact) mass is 309 g/mol. The highest BCUT2D eigenvalue weighted by atomic mass is 19.1. The Labute approximate surface area is 128 Å². The Morgan fingerprint density at radius 1 is 1.18 bits per heavy atom. The van der Waals surface area contributed by atoms with Crippen molar-refractivity contribution in [2.75, 3.05) is 6.61 Å². The van der Waals surface area contributed by atoms with E-state index < -0.39 is 30.0 Å². The summed E-state index contributed by atoms with van der Waals surface area (Å²) in [6, 6.07) is 4.24. The zero-order chi connectivity index (χ0) is 16.5. The number of carbonyl (C=O) groups excluding carboxylic acids is 3. The van der Waals surface area contributed by atoms with E-state index >= 15 is 0 Å². The Kier molecular flexibility index (Phi) is 7.22. The van der Waals surface area contributed by atoms with Gasteiger partial charge < -0.3 is 10.1 Å². The molecule has 0 radical (unpaired) electrons. The summed E-state index contributed by atoms with van der Waals surface area (Å²) >= 11 is 0. The standard InChI is InChI=1S/C16H20FNO4/c1-3-5-14(20)18-16(11-6-8-12(17)9-7-11)13(19)10-15(21)22-4-2/h6-9,16H,3-5,10H2,1-2H3,(H,18,20). The van der Waals surface area contributed by atoms with E-state index in [1.54, 1.807) is 6.92 Å². The number of ether oxygens (including phenoxy) is 1. The topological polar surface area (TPSA) is 72.5 Å². The number of hydrogen-bond donors (Lipinski definition) is 1. The van der Waals surface area contributed by atoms with Gasteiger partial charge in [0.15, 0.2) is 5.78 Å². The third-order valence-electron chi connectivity index (χ3n) is 2.93. The minimum Gasteiger partial charge on any atom is -0.466 e. The van der Waals surface area contributed by atoms with Crippen LogP contribution in [-0.4, -0.2) is 24.3 Å². The molecule has 0 fully saturated rings. The van der Waals surface area contributed by atoms with Crippen molar-refractivity contribution >= 4 is 17.7 Å². The van der Waals surface area contributed by atoms with Crippen LogP contribution in [0.2, 0.25) is 0 Å². The van der Waals surface area contributed by atoms with Gasteiger partial charge in [0, 0.05) is 6.42 Å². The molecule has 0 saturated carbocycles. The minimum absolute atomic E-state index is 0.176. The van der Waals surface area contributed by atoms with E-state index in [4.69, 9.17) is 4.74 Å². The number of halogens is 1. The lowest BCUT2D eigenvalue weighted by Crippen LogP contribution is -2.34. The van der Waals surface area contributed by atoms with E-state index in [0.717, 1.165) is 0 Å². The van der Waals surface area contributed by atoms with Crippen LogP contribution in [0.25, 0.3) is 0 Å². The number of rotatable bonds is 8. The second kappa shape index (κ2) is 8.92. The van der Waals surface area contributed by atoms with Crippen LogP contribution in [0.5, 0.6) is 0 Å². The van der Waals surface area contributed by atoms with Crippen LogP contribution in [-0.2, 0) is 19.1 Å². The molecule has 22 heavy (non-hydrogen) atoms. The van der Waals surface area contributed by atoms with Gasteiger partial charge in [-0.05, 0) is 31.0 Å². The molecule has 120 valence electrons. The summed E-state index contributed by atoms with van der Waals surface area (Å²) in [6.45, 7) is 3.66. The predicted molar refractivity (Wildman–Crippen MR) is 78.4 cm³/mol. The van der Waals surface area contributed by atoms with Gasteiger partial charge in [0.25, 0.3) is 0 Å². The Morgan fingerprint density at radius 3 is 2.36 bits per heavy atom. The average molecular weight is 309 g/mol. The number of nitrogens with one attached hydrogen (secondary N) is 1. The molecule has 0 heterocycles. The molecule has 0 saturated heterocycles. The number of ketones is 1. The van der Waals surface area contributed by atoms with Crippen molar-refractivity contribution in [2.24, 2.45) is 0 Å². The van der Waals surface area contributed by atoms with Gasteiger partial charge in [-0.2, -0.15) is 0 Å². The lowest BCUT2D eigenvalue weighted by Gasteiger charge is -2.18. The van der Waals surface area contributed by atoms with Crippen LogP contribution in [0.1, 0.15) is 44.7 Å². The van der Waals surface area contributed by atoms with Crippen LogP contribution >= 0.6 is 0 Å². The van der Waals surface area contributed by atoms with Gasteiger partial charge in [0.2, 0.25) is 5.91 Å². The molecule has 1 N–H and O–H groups in total. The van der Waals surface area contributed by atoms with E-state index in [9.17, 15) is 18.8 Å². The molecule has 6 heteroatoms. The summed E-state index contributed by atoms with van der Waals surface area (Å²) in [6.07, 6.45) is 0.459. The molecular weight excluding hydrogens is 289 g/mol. The van der Waals surface area contributed by atoms with E-state index in [0.29, 0.717) is 12.0 Å². The Hall–Kier alpha value is -2.24. The molecule has 0 aliphatic carbocycles. The number of esters is 1. The number of carbonyl (C=O) groups is 3. The molecule has 1 aromatic rings. The summed E-state index contributed by atoms with van der Waals surface area (Å²) in [5, 5.41) is 2.58. The molecule has 1 rings (SSSR count). The molecule has 1 aromatic carbocycles. The van der Waals surface area contributed by atoms with Crippen LogP contribution in [0, 0.1) is 5.82 Å². The van der Waals surface area contributed by atoms with Crippen LogP contribution < -0.4 is 5.32 Å². The maximum absolute atomic E-state index is 13.0. The number of amides is 1. The molecule has 0 aliphatic rings. The van der Waals surface area contributed by atoms with Crippen molar-refractivity contribution in [1.29, 1.82) is 0 Å². The highest BCUT2D eigenvalue weighted by Crippen LogP contribution is 2.17. The zero-order valence-corrected chi connectivity index (χ0v) is 12.7. The van der Waals surface area contributed by atoms with Gasteiger partial charge in [-0.3, -0.25) is 14.4 Å². The van der Waals surface area contributed by atoms with Crippen molar-refractivity contribution in [2.45, 2.75) is 39.2 Å². The molecule has 0 aliphatic heterocycles. The second-order valence-corrected chi connectivity index (χ2v) is 4.75. The fraction of sp³-hybridized carbons (Fsp3) is 0.438. The minimum atomic E-state index is -0.982. The maximum atomic E-state index is 13.0. The molecule has 0 spiro atoms. The van der Waals surface area contributed by atoms with Crippen molar-refractivity contribution in [3.8, 4) is 0 Å². The first-order chi connectivity index (χ1) is 10.5. The lowest BCUT2D eigenvalue weighted by atomic mass is 10.00. The van der Waals surface area contributed by atoms with Gasteiger partial charge in [0.1, 0.15) is 18.3 Å². The number of benzene rings is 1. The van der Waals surface area contributed by atoms with Gasteiger partial charge >= 0.3 is 5.97 Å². The Bertz CT molecular complexity index is 527. The predicted octanol–water partition coefficient (Wildman–Crippen LogP) is 2.31. The summed E-state index contributed by atoms with van der Waals surface area (Å²) in [5.41, 5.74) is 0.431. The zero-order valence-electron chi connectivity index (χ0n) is 12.7. The third-order valence-corrected chi connectivity index (χ3v) is 2.93. The van der Waals surface area contributed by atoms with E-state index in [1.165, 1.54) is 24.3 Å². The van der Waals surface area contributed by atoms with Crippen molar-refractivity contribution in [3.05, 3.63) is 35.6 Å². The fourth-order valence-corrected chi connectivity index (χ4v) is 1.92. The van der Waals surface area contributed by atoms with Crippen molar-refractivity contribution in [1.82, 2.24) is 5.32 Å². The number of hydrogen-bond acceptors (Lipinski definition) is 4.